The molecule has 0 saturated carbocycles. The molecule has 2 aliphatic heterocycles. The van der Waals surface area contributed by atoms with Crippen LogP contribution in [0.4, 0.5) is 23.4 Å². The second-order valence-electron chi connectivity index (χ2n) is 7.99. The maximum atomic E-state index is 14.1. The first-order valence-corrected chi connectivity index (χ1v) is 9.84. The highest BCUT2D eigenvalue weighted by Gasteiger charge is 2.47. The number of fused-ring (bicyclic) bond motifs is 2. The van der Waals surface area contributed by atoms with Crippen molar-refractivity contribution in [2.75, 3.05) is 18.4 Å². The van der Waals surface area contributed by atoms with Gasteiger partial charge in [0.1, 0.15) is 29.4 Å². The maximum Gasteiger partial charge on any atom is 0.396 e. The normalized spacial score (nSPS) is 23.8. The molecule has 1 aromatic carbocycles. The minimum atomic E-state index is -4.67. The summed E-state index contributed by atoms with van der Waals surface area (Å²) in [6.45, 7) is 3.39. The van der Waals surface area contributed by atoms with E-state index >= 15 is 0 Å². The lowest BCUT2D eigenvalue weighted by Gasteiger charge is -2.27. The number of nitrogens with one attached hydrogen (secondary N) is 2. The smallest absolute Gasteiger partial charge is 0.314 e. The van der Waals surface area contributed by atoms with Gasteiger partial charge in [0.15, 0.2) is 0 Å². The highest BCUT2D eigenvalue weighted by molar-refractivity contribution is 5.98. The molecule has 3 atom stereocenters. The summed E-state index contributed by atoms with van der Waals surface area (Å²) in [7, 11) is 0. The van der Waals surface area contributed by atoms with Gasteiger partial charge < -0.3 is 10.6 Å². The van der Waals surface area contributed by atoms with Crippen LogP contribution in [0.2, 0.25) is 0 Å². The predicted octanol–water partition coefficient (Wildman–Crippen LogP) is 3.40. The van der Waals surface area contributed by atoms with Gasteiger partial charge in [-0.25, -0.2) is 14.4 Å². The number of amides is 1. The van der Waals surface area contributed by atoms with Crippen LogP contribution in [-0.2, 0) is 4.79 Å². The molecule has 0 unspecified atom stereocenters. The number of carbonyl (C=O) groups excluding carboxylic acids is 1. The summed E-state index contributed by atoms with van der Waals surface area (Å²) in [5.74, 6) is -3.27. The number of rotatable bonds is 2. The van der Waals surface area contributed by atoms with E-state index in [0.29, 0.717) is 17.4 Å². The van der Waals surface area contributed by atoms with Crippen LogP contribution in [-0.4, -0.2) is 44.9 Å². The lowest BCUT2D eigenvalue weighted by molar-refractivity contribution is -0.156. The van der Waals surface area contributed by atoms with Gasteiger partial charge in [-0.1, -0.05) is 6.92 Å². The Morgan fingerprint density at radius 3 is 2.68 bits per heavy atom. The SMILES string of the molecule is C[C@@H]1CNC[C@@H]1n1nc(-c2ncnc3c2[C@H](C(F)(F)F)CC(=O)N3)c2ccc(F)cc21. The average molecular weight is 434 g/mol. The minimum absolute atomic E-state index is 0.0127. The summed E-state index contributed by atoms with van der Waals surface area (Å²) < 4.78 is 57.2. The first kappa shape index (κ1) is 19.9. The van der Waals surface area contributed by atoms with E-state index in [0.717, 1.165) is 12.9 Å². The standard InChI is InChI=1S/C20H18F4N6O/c1-9-6-25-7-14(9)30-13-4-10(21)2-3-11(13)17(29-30)18-16-12(20(22,23)24)5-15(31)28-19(16)27-8-26-18/h2-4,8-9,12,14,25H,5-7H2,1H3,(H,26,27,28,31)/t9-,12-,14+/m1/s1. The zero-order valence-corrected chi connectivity index (χ0v) is 16.4. The fourth-order valence-electron chi connectivity index (χ4n) is 4.43. The lowest BCUT2D eigenvalue weighted by Crippen LogP contribution is -2.33. The van der Waals surface area contributed by atoms with Crippen molar-refractivity contribution in [2.45, 2.75) is 31.5 Å². The Labute approximate surface area is 173 Å². The van der Waals surface area contributed by atoms with Crippen molar-refractivity contribution in [3.63, 3.8) is 0 Å². The Kier molecular flexibility index (Phi) is 4.47. The predicted molar refractivity (Wildman–Crippen MR) is 104 cm³/mol. The van der Waals surface area contributed by atoms with Crippen LogP contribution in [0.3, 0.4) is 0 Å². The molecule has 162 valence electrons. The van der Waals surface area contributed by atoms with E-state index in [2.05, 4.69) is 25.7 Å². The fraction of sp³-hybridized carbons (Fsp3) is 0.400. The van der Waals surface area contributed by atoms with Gasteiger partial charge in [-0.15, -0.1) is 0 Å². The first-order valence-electron chi connectivity index (χ1n) is 9.84. The van der Waals surface area contributed by atoms with Crippen LogP contribution >= 0.6 is 0 Å². The molecule has 0 aliphatic carbocycles. The third-order valence-corrected chi connectivity index (χ3v) is 5.96. The number of nitrogens with zero attached hydrogens (tertiary/aromatic N) is 4. The van der Waals surface area contributed by atoms with Crippen LogP contribution in [0.1, 0.15) is 30.9 Å². The number of benzene rings is 1. The van der Waals surface area contributed by atoms with Crippen molar-refractivity contribution >= 4 is 22.6 Å². The van der Waals surface area contributed by atoms with E-state index < -0.39 is 30.2 Å². The molecule has 3 aromatic rings. The Balaban J connectivity index is 1.77. The van der Waals surface area contributed by atoms with E-state index in [9.17, 15) is 22.4 Å². The molecule has 2 aromatic heterocycles. The van der Waals surface area contributed by atoms with Gasteiger partial charge in [-0.2, -0.15) is 18.3 Å². The Morgan fingerprint density at radius 2 is 1.97 bits per heavy atom. The highest BCUT2D eigenvalue weighted by Crippen LogP contribution is 2.46. The van der Waals surface area contributed by atoms with Gasteiger partial charge in [0.25, 0.3) is 0 Å². The monoisotopic (exact) mass is 434 g/mol. The molecule has 4 heterocycles. The molecular weight excluding hydrogens is 416 g/mol. The zero-order chi connectivity index (χ0) is 21.9. The molecule has 31 heavy (non-hydrogen) atoms. The van der Waals surface area contributed by atoms with Crippen LogP contribution in [0, 0.1) is 11.7 Å². The number of hydrogen-bond acceptors (Lipinski definition) is 5. The number of halogens is 4. The lowest BCUT2D eigenvalue weighted by atomic mass is 9.89. The van der Waals surface area contributed by atoms with Crippen molar-refractivity contribution in [1.29, 1.82) is 0 Å². The van der Waals surface area contributed by atoms with E-state index in [1.54, 1.807) is 4.68 Å². The zero-order valence-electron chi connectivity index (χ0n) is 16.4. The largest absolute Gasteiger partial charge is 0.396 e. The van der Waals surface area contributed by atoms with Crippen LogP contribution in [0.15, 0.2) is 24.5 Å². The first-order chi connectivity index (χ1) is 14.7. The summed E-state index contributed by atoms with van der Waals surface area (Å²) in [4.78, 5) is 19.9. The quantitative estimate of drug-likeness (QED) is 0.604. The topological polar surface area (TPSA) is 84.7 Å². The molecule has 1 fully saturated rings. The summed E-state index contributed by atoms with van der Waals surface area (Å²) in [6.07, 6.45) is -4.32. The summed E-state index contributed by atoms with van der Waals surface area (Å²) >= 11 is 0. The maximum absolute atomic E-state index is 14.1. The minimum Gasteiger partial charge on any atom is -0.314 e. The molecule has 2 aliphatic rings. The second kappa shape index (κ2) is 6.98. The summed E-state index contributed by atoms with van der Waals surface area (Å²) in [6, 6.07) is 3.97. The molecule has 1 saturated heterocycles. The molecule has 0 spiro atoms. The second-order valence-corrected chi connectivity index (χ2v) is 7.99. The molecule has 7 nitrogen and oxygen atoms in total. The summed E-state index contributed by atoms with van der Waals surface area (Å²) in [5.41, 5.74) is 0.453. The third-order valence-electron chi connectivity index (χ3n) is 5.96. The van der Waals surface area contributed by atoms with E-state index in [4.69, 9.17) is 0 Å². The van der Waals surface area contributed by atoms with Gasteiger partial charge in [0.2, 0.25) is 5.91 Å². The number of hydrogen-bond donors (Lipinski definition) is 2. The van der Waals surface area contributed by atoms with E-state index in [1.165, 1.54) is 18.2 Å². The van der Waals surface area contributed by atoms with E-state index in [-0.39, 0.29) is 34.7 Å². The third kappa shape index (κ3) is 3.23. The average Bonchev–Trinajstić information content (AvgIpc) is 3.28. The van der Waals surface area contributed by atoms with Crippen LogP contribution in [0.5, 0.6) is 0 Å². The van der Waals surface area contributed by atoms with Crippen molar-refractivity contribution in [3.05, 3.63) is 35.9 Å². The van der Waals surface area contributed by atoms with Gasteiger partial charge in [-0.05, 0) is 30.7 Å². The van der Waals surface area contributed by atoms with Crippen molar-refractivity contribution in [1.82, 2.24) is 25.1 Å². The number of alkyl halides is 3. The number of carbonyl (C=O) groups is 1. The van der Waals surface area contributed by atoms with Gasteiger partial charge in [0.05, 0.1) is 17.5 Å². The Hall–Kier alpha value is -3.08. The molecule has 1 amide bonds. The molecular formula is C20H18F4N6O. The Bertz CT molecular complexity index is 1190. The van der Waals surface area contributed by atoms with Gasteiger partial charge in [0, 0.05) is 23.9 Å². The fourth-order valence-corrected chi connectivity index (χ4v) is 4.43. The van der Waals surface area contributed by atoms with Gasteiger partial charge in [-0.3, -0.25) is 9.48 Å². The highest BCUT2D eigenvalue weighted by atomic mass is 19.4. The van der Waals surface area contributed by atoms with E-state index in [1.807, 2.05) is 6.92 Å². The summed E-state index contributed by atoms with van der Waals surface area (Å²) in [5, 5.41) is 10.8. The van der Waals surface area contributed by atoms with Crippen molar-refractivity contribution < 1.29 is 22.4 Å². The Morgan fingerprint density at radius 1 is 1.16 bits per heavy atom. The van der Waals surface area contributed by atoms with Crippen molar-refractivity contribution in [3.8, 4) is 11.4 Å². The molecule has 0 bridgehead atoms. The van der Waals surface area contributed by atoms with Crippen molar-refractivity contribution in [2.24, 2.45) is 5.92 Å². The number of aromatic nitrogens is 4. The molecule has 11 heteroatoms. The van der Waals surface area contributed by atoms with Gasteiger partial charge >= 0.3 is 6.18 Å². The number of anilines is 1. The van der Waals surface area contributed by atoms with Crippen LogP contribution in [0.25, 0.3) is 22.3 Å². The molecule has 0 radical (unpaired) electrons. The van der Waals surface area contributed by atoms with Crippen LogP contribution < -0.4 is 10.6 Å². The molecule has 2 N–H and O–H groups in total. The molecule has 5 rings (SSSR count).